The molecule has 0 atom stereocenters. The molecule has 0 amide bonds. The number of nitrogens with zero attached hydrogens (tertiary/aromatic N) is 4. The SMILES string of the molecule is C/C(=N/O)C(=NCCCCN=C(/C(C)=N/O)c1ccccc1)c1ccccc1. The topological polar surface area (TPSA) is 89.9 Å². The summed E-state index contributed by atoms with van der Waals surface area (Å²) in [7, 11) is 0. The average Bonchev–Trinajstić information content (AvgIpc) is 2.76. The first-order valence-corrected chi connectivity index (χ1v) is 9.25. The van der Waals surface area contributed by atoms with Gasteiger partial charge in [-0.2, -0.15) is 0 Å². The Labute approximate surface area is 165 Å². The molecule has 0 fully saturated rings. The Kier molecular flexibility index (Phi) is 8.59. The second-order valence-electron chi connectivity index (χ2n) is 6.27. The summed E-state index contributed by atoms with van der Waals surface area (Å²) in [5, 5.41) is 24.8. The van der Waals surface area contributed by atoms with Crippen molar-refractivity contribution in [3.8, 4) is 0 Å². The van der Waals surface area contributed by atoms with Crippen LogP contribution in [0.5, 0.6) is 0 Å². The fourth-order valence-electron chi connectivity index (χ4n) is 2.72. The maximum atomic E-state index is 9.11. The van der Waals surface area contributed by atoms with Gasteiger partial charge < -0.3 is 10.4 Å². The van der Waals surface area contributed by atoms with E-state index < -0.39 is 0 Å². The highest BCUT2D eigenvalue weighted by molar-refractivity contribution is 6.48. The van der Waals surface area contributed by atoms with Crippen LogP contribution in [0.15, 0.2) is 81.0 Å². The Morgan fingerprint density at radius 1 is 0.643 bits per heavy atom. The van der Waals surface area contributed by atoms with Gasteiger partial charge in [0, 0.05) is 24.2 Å². The Bertz CT molecular complexity index is 783. The van der Waals surface area contributed by atoms with Crippen LogP contribution in [-0.2, 0) is 0 Å². The first-order valence-electron chi connectivity index (χ1n) is 9.25. The smallest absolute Gasteiger partial charge is 0.102 e. The van der Waals surface area contributed by atoms with Crippen molar-refractivity contribution in [2.24, 2.45) is 20.3 Å². The van der Waals surface area contributed by atoms with E-state index in [0.717, 1.165) is 24.0 Å². The first kappa shape index (κ1) is 21.0. The zero-order chi connectivity index (χ0) is 20.2. The molecule has 0 saturated carbocycles. The molecule has 0 heterocycles. The lowest BCUT2D eigenvalue weighted by Crippen LogP contribution is -2.14. The largest absolute Gasteiger partial charge is 0.411 e. The maximum absolute atomic E-state index is 9.11. The Morgan fingerprint density at radius 3 is 1.32 bits per heavy atom. The summed E-state index contributed by atoms with van der Waals surface area (Å²) in [5.41, 5.74) is 4.23. The fourth-order valence-corrected chi connectivity index (χ4v) is 2.72. The number of hydrogen-bond acceptors (Lipinski definition) is 6. The third-order valence-electron chi connectivity index (χ3n) is 4.19. The molecule has 0 saturated heterocycles. The molecule has 0 aromatic heterocycles. The van der Waals surface area contributed by atoms with Gasteiger partial charge >= 0.3 is 0 Å². The molecule has 0 aliphatic rings. The van der Waals surface area contributed by atoms with E-state index in [9.17, 15) is 0 Å². The third-order valence-corrected chi connectivity index (χ3v) is 4.19. The lowest BCUT2D eigenvalue weighted by Gasteiger charge is -2.06. The number of unbranched alkanes of at least 4 members (excludes halogenated alkanes) is 1. The summed E-state index contributed by atoms with van der Waals surface area (Å²) < 4.78 is 0. The highest BCUT2D eigenvalue weighted by atomic mass is 16.4. The number of benzene rings is 2. The van der Waals surface area contributed by atoms with Crippen LogP contribution < -0.4 is 0 Å². The Balaban J connectivity index is 1.98. The van der Waals surface area contributed by atoms with Gasteiger partial charge in [0.2, 0.25) is 0 Å². The highest BCUT2D eigenvalue weighted by Gasteiger charge is 2.08. The van der Waals surface area contributed by atoms with Crippen molar-refractivity contribution in [2.45, 2.75) is 26.7 Å². The van der Waals surface area contributed by atoms with E-state index in [2.05, 4.69) is 20.3 Å². The lowest BCUT2D eigenvalue weighted by molar-refractivity contribution is 0.319. The quantitative estimate of drug-likeness (QED) is 0.292. The van der Waals surface area contributed by atoms with Crippen molar-refractivity contribution < 1.29 is 10.4 Å². The Hall–Kier alpha value is -3.28. The first-order chi connectivity index (χ1) is 13.7. The predicted molar refractivity (Wildman–Crippen MR) is 115 cm³/mol. The minimum atomic E-state index is 0.491. The van der Waals surface area contributed by atoms with E-state index >= 15 is 0 Å². The van der Waals surface area contributed by atoms with Gasteiger partial charge in [-0.1, -0.05) is 71.0 Å². The van der Waals surface area contributed by atoms with Crippen molar-refractivity contribution in [3.63, 3.8) is 0 Å². The second-order valence-corrected chi connectivity index (χ2v) is 6.27. The highest BCUT2D eigenvalue weighted by Crippen LogP contribution is 2.06. The van der Waals surface area contributed by atoms with Crippen molar-refractivity contribution in [3.05, 3.63) is 71.8 Å². The van der Waals surface area contributed by atoms with Crippen LogP contribution in [0.1, 0.15) is 37.8 Å². The molecule has 2 N–H and O–H groups in total. The van der Waals surface area contributed by atoms with Gasteiger partial charge in [-0.15, -0.1) is 0 Å². The van der Waals surface area contributed by atoms with Crippen molar-refractivity contribution in [2.75, 3.05) is 13.1 Å². The predicted octanol–water partition coefficient (Wildman–Crippen LogP) is 4.45. The van der Waals surface area contributed by atoms with Crippen molar-refractivity contribution >= 4 is 22.8 Å². The molecule has 0 bridgehead atoms. The van der Waals surface area contributed by atoms with Gasteiger partial charge in [0.15, 0.2) is 0 Å². The summed E-state index contributed by atoms with van der Waals surface area (Å²) in [5.74, 6) is 0. The number of aliphatic imine (C=N–C) groups is 2. The van der Waals surface area contributed by atoms with Crippen LogP contribution in [0.25, 0.3) is 0 Å². The lowest BCUT2D eigenvalue weighted by atomic mass is 10.1. The molecule has 0 aliphatic heterocycles. The molecule has 146 valence electrons. The standard InChI is InChI=1S/C22H26N4O2/c1-17(25-27)21(19-11-5-3-6-12-19)23-15-9-10-16-24-22(18(2)26-28)20-13-7-4-8-14-20/h3-8,11-14,27-28H,9-10,15-16H2,1-2H3/b23-21?,24-22?,25-17-,26-18+. The van der Waals surface area contributed by atoms with E-state index in [4.69, 9.17) is 10.4 Å². The van der Waals surface area contributed by atoms with Gasteiger partial charge in [-0.25, -0.2) is 0 Å². The Morgan fingerprint density at radius 2 is 1.00 bits per heavy atom. The van der Waals surface area contributed by atoms with E-state index in [1.165, 1.54) is 0 Å². The number of hydrogen-bond donors (Lipinski definition) is 2. The molecule has 2 aromatic rings. The van der Waals surface area contributed by atoms with Crippen LogP contribution in [0.2, 0.25) is 0 Å². The van der Waals surface area contributed by atoms with Crippen LogP contribution in [0, 0.1) is 0 Å². The number of rotatable bonds is 9. The molecule has 28 heavy (non-hydrogen) atoms. The van der Waals surface area contributed by atoms with Gasteiger partial charge in [0.05, 0.1) is 11.4 Å². The zero-order valence-electron chi connectivity index (χ0n) is 16.3. The monoisotopic (exact) mass is 378 g/mol. The summed E-state index contributed by atoms with van der Waals surface area (Å²) in [6, 6.07) is 19.4. The molecule has 2 rings (SSSR count). The number of oxime groups is 2. The van der Waals surface area contributed by atoms with Gasteiger partial charge in [0.1, 0.15) is 11.4 Å². The summed E-state index contributed by atoms with van der Waals surface area (Å²) in [6.45, 7) is 4.69. The molecule has 6 heteroatoms. The molecule has 6 nitrogen and oxygen atoms in total. The van der Waals surface area contributed by atoms with Crippen LogP contribution >= 0.6 is 0 Å². The maximum Gasteiger partial charge on any atom is 0.102 e. The molecule has 0 radical (unpaired) electrons. The average molecular weight is 378 g/mol. The minimum Gasteiger partial charge on any atom is -0.411 e. The van der Waals surface area contributed by atoms with Gasteiger partial charge in [-0.05, 0) is 26.7 Å². The molecule has 0 spiro atoms. The molecule has 0 unspecified atom stereocenters. The minimum absolute atomic E-state index is 0.491. The summed E-state index contributed by atoms with van der Waals surface area (Å²) >= 11 is 0. The summed E-state index contributed by atoms with van der Waals surface area (Å²) in [6.07, 6.45) is 1.69. The van der Waals surface area contributed by atoms with E-state index in [-0.39, 0.29) is 0 Å². The molecule has 2 aromatic carbocycles. The van der Waals surface area contributed by atoms with Gasteiger partial charge in [0.25, 0.3) is 0 Å². The molecule has 0 aliphatic carbocycles. The van der Waals surface area contributed by atoms with Crippen LogP contribution in [0.3, 0.4) is 0 Å². The van der Waals surface area contributed by atoms with Crippen LogP contribution in [-0.4, -0.2) is 46.4 Å². The normalized spacial score (nSPS) is 13.6. The summed E-state index contributed by atoms with van der Waals surface area (Å²) in [4.78, 5) is 9.21. The zero-order valence-corrected chi connectivity index (χ0v) is 16.3. The third kappa shape index (κ3) is 6.16. The van der Waals surface area contributed by atoms with E-state index in [0.29, 0.717) is 35.9 Å². The van der Waals surface area contributed by atoms with E-state index in [1.54, 1.807) is 13.8 Å². The van der Waals surface area contributed by atoms with Crippen molar-refractivity contribution in [1.82, 2.24) is 0 Å². The molecular formula is C22H26N4O2. The van der Waals surface area contributed by atoms with E-state index in [1.807, 2.05) is 60.7 Å². The fraction of sp³-hybridized carbons (Fsp3) is 0.273. The van der Waals surface area contributed by atoms with Crippen LogP contribution in [0.4, 0.5) is 0 Å². The second kappa shape index (κ2) is 11.4. The van der Waals surface area contributed by atoms with Gasteiger partial charge in [-0.3, -0.25) is 9.98 Å². The molecular weight excluding hydrogens is 352 g/mol. The van der Waals surface area contributed by atoms with Crippen molar-refractivity contribution in [1.29, 1.82) is 0 Å².